The standard InChI is InChI=1S/C20H17N5O2S/c1-13-19(15-5-3-14(11-21)4-6-15)20(26)25(24-13)18-10-9-17(12-23-18)28(27,22-2)16-7-8-16/h3-7,9-10,12,24H,8H2,1-2H3. The molecule has 1 unspecified atom stereocenters. The molecule has 2 heterocycles. The highest BCUT2D eigenvalue weighted by molar-refractivity contribution is 7.97. The van der Waals surface area contributed by atoms with Crippen LogP contribution in [0.25, 0.3) is 16.9 Å². The lowest BCUT2D eigenvalue weighted by atomic mass is 10.1. The molecule has 0 spiro atoms. The second-order valence-electron chi connectivity index (χ2n) is 6.38. The first-order valence-corrected chi connectivity index (χ1v) is 10.1. The monoisotopic (exact) mass is 391 g/mol. The highest BCUT2D eigenvalue weighted by Gasteiger charge is 2.24. The number of aryl methyl sites for hydroxylation is 1. The third-order valence-electron chi connectivity index (χ3n) is 4.63. The summed E-state index contributed by atoms with van der Waals surface area (Å²) in [7, 11) is -1.03. The number of hydrogen-bond donors (Lipinski definition) is 1. The first-order valence-electron chi connectivity index (χ1n) is 8.61. The van der Waals surface area contributed by atoms with E-state index in [1.165, 1.54) is 17.9 Å². The largest absolute Gasteiger partial charge is 0.293 e. The Morgan fingerprint density at radius 1 is 1.25 bits per heavy atom. The fourth-order valence-electron chi connectivity index (χ4n) is 3.07. The van der Waals surface area contributed by atoms with Crippen molar-refractivity contribution in [3.05, 3.63) is 75.2 Å². The van der Waals surface area contributed by atoms with E-state index in [0.29, 0.717) is 34.0 Å². The van der Waals surface area contributed by atoms with Gasteiger partial charge in [0.1, 0.15) is 9.73 Å². The molecule has 0 amide bonds. The van der Waals surface area contributed by atoms with Crippen molar-refractivity contribution < 1.29 is 4.21 Å². The Bertz CT molecular complexity index is 1310. The topological polar surface area (TPSA) is 104 Å². The number of H-pyrrole nitrogens is 1. The summed E-state index contributed by atoms with van der Waals surface area (Å²) in [5.74, 6) is 0.402. The fourth-order valence-corrected chi connectivity index (χ4v) is 4.80. The van der Waals surface area contributed by atoms with E-state index in [2.05, 4.69) is 20.5 Å². The summed E-state index contributed by atoms with van der Waals surface area (Å²) in [5.41, 5.74) is 2.22. The Morgan fingerprint density at radius 3 is 2.50 bits per heavy atom. The number of benzene rings is 1. The minimum atomic E-state index is -2.57. The van der Waals surface area contributed by atoms with E-state index in [0.717, 1.165) is 10.5 Å². The van der Waals surface area contributed by atoms with Crippen molar-refractivity contribution in [3.8, 4) is 23.0 Å². The van der Waals surface area contributed by atoms with Crippen molar-refractivity contribution in [2.75, 3.05) is 7.05 Å². The van der Waals surface area contributed by atoms with E-state index in [1.54, 1.807) is 36.4 Å². The maximum atomic E-state index is 13.0. The van der Waals surface area contributed by atoms with Gasteiger partial charge in [0.25, 0.3) is 5.56 Å². The van der Waals surface area contributed by atoms with Crippen LogP contribution in [0.1, 0.15) is 17.7 Å². The molecule has 0 saturated heterocycles. The number of aromatic nitrogens is 3. The smallest absolute Gasteiger partial charge is 0.280 e. The zero-order valence-electron chi connectivity index (χ0n) is 15.3. The lowest BCUT2D eigenvalue weighted by molar-refractivity contribution is 0.680. The summed E-state index contributed by atoms with van der Waals surface area (Å²) >= 11 is 0. The van der Waals surface area contributed by atoms with Gasteiger partial charge in [0.05, 0.1) is 22.1 Å². The van der Waals surface area contributed by atoms with Gasteiger partial charge in [-0.05, 0) is 36.8 Å². The van der Waals surface area contributed by atoms with Crippen LogP contribution < -0.4 is 5.56 Å². The Hall–Kier alpha value is -3.44. The fraction of sp³-hybridized carbons (Fsp3) is 0.150. The van der Waals surface area contributed by atoms with Crippen LogP contribution in [-0.2, 0) is 9.73 Å². The van der Waals surface area contributed by atoms with Crippen molar-refractivity contribution in [2.45, 2.75) is 18.2 Å². The number of nitriles is 1. The Balaban J connectivity index is 1.75. The molecule has 140 valence electrons. The third kappa shape index (κ3) is 2.86. The van der Waals surface area contributed by atoms with E-state index in [1.807, 2.05) is 13.0 Å². The molecule has 28 heavy (non-hydrogen) atoms. The zero-order valence-corrected chi connectivity index (χ0v) is 16.2. The molecular formula is C20H17N5O2S. The molecule has 3 aromatic rings. The van der Waals surface area contributed by atoms with Gasteiger partial charge in [-0.2, -0.15) is 5.26 Å². The Labute approximate surface area is 162 Å². The number of pyridine rings is 1. The van der Waals surface area contributed by atoms with E-state index < -0.39 is 9.73 Å². The van der Waals surface area contributed by atoms with Gasteiger partial charge in [-0.3, -0.25) is 9.89 Å². The lowest BCUT2D eigenvalue weighted by Gasteiger charge is -2.07. The second kappa shape index (κ2) is 6.62. The lowest BCUT2D eigenvalue weighted by Crippen LogP contribution is -2.17. The van der Waals surface area contributed by atoms with Crippen LogP contribution in [0.15, 0.2) is 67.6 Å². The highest BCUT2D eigenvalue weighted by Crippen LogP contribution is 2.33. The molecule has 0 saturated carbocycles. The van der Waals surface area contributed by atoms with Gasteiger partial charge in [-0.15, -0.1) is 0 Å². The van der Waals surface area contributed by atoms with Crippen LogP contribution in [-0.4, -0.2) is 26.0 Å². The van der Waals surface area contributed by atoms with Crippen molar-refractivity contribution >= 4 is 9.73 Å². The van der Waals surface area contributed by atoms with Crippen LogP contribution in [0, 0.1) is 18.3 Å². The summed E-state index contributed by atoms with van der Waals surface area (Å²) in [6.07, 6.45) is 4.11. The molecule has 1 aliphatic carbocycles. The first kappa shape index (κ1) is 17.9. The number of rotatable bonds is 4. The van der Waals surface area contributed by atoms with E-state index >= 15 is 0 Å². The van der Waals surface area contributed by atoms with Gasteiger partial charge in [0.15, 0.2) is 5.82 Å². The number of aromatic amines is 1. The van der Waals surface area contributed by atoms with Gasteiger partial charge in [0, 0.05) is 30.3 Å². The Kier molecular flexibility index (Phi) is 4.24. The van der Waals surface area contributed by atoms with Gasteiger partial charge in [-0.25, -0.2) is 18.2 Å². The molecule has 1 atom stereocenters. The number of allylic oxidation sites excluding steroid dienone is 2. The summed E-state index contributed by atoms with van der Waals surface area (Å²) in [6, 6.07) is 12.3. The molecule has 1 aliphatic rings. The van der Waals surface area contributed by atoms with Crippen LogP contribution >= 0.6 is 0 Å². The molecule has 0 fully saturated rings. The van der Waals surface area contributed by atoms with E-state index in [9.17, 15) is 9.00 Å². The number of hydrogen-bond acceptors (Lipinski definition) is 5. The van der Waals surface area contributed by atoms with Crippen molar-refractivity contribution in [1.82, 2.24) is 14.8 Å². The predicted octanol–water partition coefficient (Wildman–Crippen LogP) is 3.15. The average molecular weight is 391 g/mol. The molecule has 1 N–H and O–H groups in total. The molecule has 2 aromatic heterocycles. The van der Waals surface area contributed by atoms with Crippen LogP contribution in [0.4, 0.5) is 0 Å². The van der Waals surface area contributed by atoms with Gasteiger partial charge in [-0.1, -0.05) is 18.2 Å². The van der Waals surface area contributed by atoms with Gasteiger partial charge < -0.3 is 0 Å². The van der Waals surface area contributed by atoms with Crippen molar-refractivity contribution in [2.24, 2.45) is 4.36 Å². The maximum Gasteiger partial charge on any atom is 0.280 e. The molecule has 7 nitrogen and oxygen atoms in total. The van der Waals surface area contributed by atoms with E-state index in [4.69, 9.17) is 5.26 Å². The number of nitrogens with zero attached hydrogens (tertiary/aromatic N) is 4. The maximum absolute atomic E-state index is 13.0. The second-order valence-corrected chi connectivity index (χ2v) is 8.79. The highest BCUT2D eigenvalue weighted by atomic mass is 32.2. The summed E-state index contributed by atoms with van der Waals surface area (Å²) < 4.78 is 18.4. The predicted molar refractivity (Wildman–Crippen MR) is 107 cm³/mol. The SMILES string of the molecule is CN=S(=O)(C1=CC1)c1ccc(-n2[nH]c(C)c(-c3ccc(C#N)cc3)c2=O)nc1. The third-order valence-corrected chi connectivity index (χ3v) is 7.07. The minimum Gasteiger partial charge on any atom is -0.293 e. The minimum absolute atomic E-state index is 0.242. The molecule has 0 aliphatic heterocycles. The van der Waals surface area contributed by atoms with Crippen LogP contribution in [0.5, 0.6) is 0 Å². The van der Waals surface area contributed by atoms with Crippen molar-refractivity contribution in [3.63, 3.8) is 0 Å². The average Bonchev–Trinajstić information content (AvgIpc) is 3.54. The Morgan fingerprint density at radius 2 is 1.96 bits per heavy atom. The molecule has 0 bridgehead atoms. The summed E-state index contributed by atoms with van der Waals surface area (Å²) in [4.78, 5) is 18.6. The van der Waals surface area contributed by atoms with Crippen molar-refractivity contribution in [1.29, 1.82) is 5.26 Å². The summed E-state index contributed by atoms with van der Waals surface area (Å²) in [6.45, 7) is 1.81. The normalized spacial score (nSPS) is 14.7. The quantitative estimate of drug-likeness (QED) is 0.737. The molecule has 0 radical (unpaired) electrons. The summed E-state index contributed by atoms with van der Waals surface area (Å²) in [5, 5.41) is 12.0. The number of nitrogens with one attached hydrogen (secondary N) is 1. The first-order chi connectivity index (χ1) is 13.5. The van der Waals surface area contributed by atoms with Gasteiger partial charge in [0.2, 0.25) is 0 Å². The molecule has 4 rings (SSSR count). The molecule has 1 aromatic carbocycles. The van der Waals surface area contributed by atoms with Gasteiger partial charge >= 0.3 is 0 Å². The van der Waals surface area contributed by atoms with E-state index in [-0.39, 0.29) is 5.56 Å². The van der Waals surface area contributed by atoms with Crippen LogP contribution in [0.3, 0.4) is 0 Å². The van der Waals surface area contributed by atoms with Crippen LogP contribution in [0.2, 0.25) is 0 Å². The molecule has 8 heteroatoms. The molecular weight excluding hydrogens is 374 g/mol. The zero-order chi connectivity index (χ0) is 19.9.